The molecule has 0 aromatic heterocycles. The molecule has 0 saturated heterocycles. The maximum Gasteiger partial charge on any atom is 0.120 e. The third-order valence-corrected chi connectivity index (χ3v) is 2.54. The van der Waals surface area contributed by atoms with Crippen LogP contribution in [0.5, 0.6) is 0 Å². The van der Waals surface area contributed by atoms with Crippen LogP contribution in [0.2, 0.25) is 0 Å². The van der Waals surface area contributed by atoms with Gasteiger partial charge in [0.1, 0.15) is 6.29 Å². The molecule has 1 nitrogen and oxygen atoms in total. The molecule has 0 heterocycles. The zero-order valence-electron chi connectivity index (χ0n) is 6.09. The Kier molecular flexibility index (Phi) is 3.56. The summed E-state index contributed by atoms with van der Waals surface area (Å²) in [7, 11) is 0. The van der Waals surface area contributed by atoms with Gasteiger partial charge >= 0.3 is 0 Å². The molecule has 0 fully saturated rings. The normalized spacial score (nSPS) is 9.55. The SMILES string of the molecule is O=CCCc1ccccc1I. The molecular formula is C9H9IO. The van der Waals surface area contributed by atoms with Crippen molar-refractivity contribution in [1.82, 2.24) is 0 Å². The largest absolute Gasteiger partial charge is 0.303 e. The van der Waals surface area contributed by atoms with Crippen molar-refractivity contribution >= 4 is 28.9 Å². The average Bonchev–Trinajstić information content (AvgIpc) is 2.03. The Bertz CT molecular complexity index is 245. The standard InChI is InChI=1S/C9H9IO/c10-9-6-2-1-4-8(9)5-3-7-11/h1-2,4,6-7H,3,5H2. The summed E-state index contributed by atoms with van der Waals surface area (Å²) in [6.07, 6.45) is 2.45. The molecule has 0 aliphatic heterocycles. The molecule has 58 valence electrons. The van der Waals surface area contributed by atoms with Crippen molar-refractivity contribution in [1.29, 1.82) is 0 Å². The summed E-state index contributed by atoms with van der Waals surface area (Å²) in [5, 5.41) is 0. The lowest BCUT2D eigenvalue weighted by atomic mass is 10.1. The van der Waals surface area contributed by atoms with Crippen LogP contribution in [0.3, 0.4) is 0 Å². The number of aryl methyl sites for hydroxylation is 1. The summed E-state index contributed by atoms with van der Waals surface area (Å²) in [6.45, 7) is 0. The molecule has 0 saturated carbocycles. The second-order valence-electron chi connectivity index (χ2n) is 2.30. The highest BCUT2D eigenvalue weighted by Crippen LogP contribution is 2.12. The maximum absolute atomic E-state index is 10.1. The van der Waals surface area contributed by atoms with Crippen LogP contribution in [0.15, 0.2) is 24.3 Å². The van der Waals surface area contributed by atoms with Crippen molar-refractivity contribution in [3.63, 3.8) is 0 Å². The Morgan fingerprint density at radius 3 is 2.73 bits per heavy atom. The smallest absolute Gasteiger partial charge is 0.120 e. The number of rotatable bonds is 3. The van der Waals surface area contributed by atoms with Gasteiger partial charge in [0.15, 0.2) is 0 Å². The molecule has 0 amide bonds. The zero-order chi connectivity index (χ0) is 8.10. The van der Waals surface area contributed by atoms with Gasteiger partial charge in [0, 0.05) is 9.99 Å². The van der Waals surface area contributed by atoms with Crippen LogP contribution in [0.1, 0.15) is 12.0 Å². The summed E-state index contributed by atoms with van der Waals surface area (Å²) >= 11 is 2.28. The van der Waals surface area contributed by atoms with E-state index in [2.05, 4.69) is 34.7 Å². The van der Waals surface area contributed by atoms with Gasteiger partial charge in [0.25, 0.3) is 0 Å². The molecule has 0 radical (unpaired) electrons. The highest BCUT2D eigenvalue weighted by molar-refractivity contribution is 14.1. The third-order valence-electron chi connectivity index (χ3n) is 1.49. The average molecular weight is 260 g/mol. The van der Waals surface area contributed by atoms with Crippen molar-refractivity contribution in [2.24, 2.45) is 0 Å². The number of halogens is 1. The van der Waals surface area contributed by atoms with Crippen molar-refractivity contribution in [2.45, 2.75) is 12.8 Å². The lowest BCUT2D eigenvalue weighted by Gasteiger charge is -1.99. The van der Waals surface area contributed by atoms with Gasteiger partial charge in [-0.3, -0.25) is 0 Å². The molecule has 0 unspecified atom stereocenters. The van der Waals surface area contributed by atoms with E-state index in [1.807, 2.05) is 12.1 Å². The summed E-state index contributed by atoms with van der Waals surface area (Å²) in [5.41, 5.74) is 1.26. The first-order valence-corrected chi connectivity index (χ1v) is 4.59. The van der Waals surface area contributed by atoms with E-state index in [0.29, 0.717) is 6.42 Å². The number of benzene rings is 1. The second-order valence-corrected chi connectivity index (χ2v) is 3.46. The lowest BCUT2D eigenvalue weighted by Crippen LogP contribution is -1.88. The van der Waals surface area contributed by atoms with E-state index in [0.717, 1.165) is 12.7 Å². The van der Waals surface area contributed by atoms with Crippen LogP contribution in [-0.2, 0) is 11.2 Å². The van der Waals surface area contributed by atoms with Crippen LogP contribution in [0.25, 0.3) is 0 Å². The fourth-order valence-corrected chi connectivity index (χ4v) is 1.57. The predicted molar refractivity (Wildman–Crippen MR) is 53.5 cm³/mol. The Labute approximate surface area is 79.9 Å². The van der Waals surface area contributed by atoms with E-state index in [1.165, 1.54) is 9.13 Å². The van der Waals surface area contributed by atoms with E-state index in [4.69, 9.17) is 0 Å². The molecule has 0 aliphatic carbocycles. The Morgan fingerprint density at radius 2 is 2.09 bits per heavy atom. The van der Waals surface area contributed by atoms with E-state index in [1.54, 1.807) is 0 Å². The first kappa shape index (κ1) is 8.71. The van der Waals surface area contributed by atoms with Crippen molar-refractivity contribution in [2.75, 3.05) is 0 Å². The van der Waals surface area contributed by atoms with E-state index < -0.39 is 0 Å². The van der Waals surface area contributed by atoms with E-state index >= 15 is 0 Å². The third kappa shape index (κ3) is 2.61. The summed E-state index contributed by atoms with van der Waals surface area (Å²) in [4.78, 5) is 10.1. The van der Waals surface area contributed by atoms with Crippen LogP contribution in [0, 0.1) is 3.57 Å². The predicted octanol–water partition coefficient (Wildman–Crippen LogP) is 2.42. The van der Waals surface area contributed by atoms with Crippen LogP contribution in [0.4, 0.5) is 0 Å². The van der Waals surface area contributed by atoms with Gasteiger partial charge in [-0.2, -0.15) is 0 Å². The minimum atomic E-state index is 0.625. The molecule has 0 N–H and O–H groups in total. The van der Waals surface area contributed by atoms with Crippen molar-refractivity contribution in [3.05, 3.63) is 33.4 Å². The van der Waals surface area contributed by atoms with Crippen molar-refractivity contribution in [3.8, 4) is 0 Å². The van der Waals surface area contributed by atoms with Gasteiger partial charge in [-0.05, 0) is 40.6 Å². The van der Waals surface area contributed by atoms with Gasteiger partial charge in [0.05, 0.1) is 0 Å². The first-order valence-electron chi connectivity index (χ1n) is 3.51. The summed E-state index contributed by atoms with van der Waals surface area (Å²) in [6, 6.07) is 8.13. The van der Waals surface area contributed by atoms with Gasteiger partial charge in [-0.25, -0.2) is 0 Å². The topological polar surface area (TPSA) is 17.1 Å². The van der Waals surface area contributed by atoms with Crippen molar-refractivity contribution < 1.29 is 4.79 Å². The van der Waals surface area contributed by atoms with Crippen LogP contribution < -0.4 is 0 Å². The number of aldehydes is 1. The quantitative estimate of drug-likeness (QED) is 0.602. The maximum atomic E-state index is 10.1. The highest BCUT2D eigenvalue weighted by atomic mass is 127. The van der Waals surface area contributed by atoms with Gasteiger partial charge in [0.2, 0.25) is 0 Å². The zero-order valence-corrected chi connectivity index (χ0v) is 8.24. The fourth-order valence-electron chi connectivity index (χ4n) is 0.916. The molecule has 0 spiro atoms. The molecule has 1 aromatic rings. The van der Waals surface area contributed by atoms with Crippen LogP contribution >= 0.6 is 22.6 Å². The number of hydrogen-bond donors (Lipinski definition) is 0. The molecule has 1 aromatic carbocycles. The van der Waals surface area contributed by atoms with Gasteiger partial charge in [-0.15, -0.1) is 0 Å². The lowest BCUT2D eigenvalue weighted by molar-refractivity contribution is -0.107. The monoisotopic (exact) mass is 260 g/mol. The van der Waals surface area contributed by atoms with E-state index in [9.17, 15) is 4.79 Å². The molecular weight excluding hydrogens is 251 g/mol. The van der Waals surface area contributed by atoms with Gasteiger partial charge in [-0.1, -0.05) is 18.2 Å². The molecule has 2 heteroatoms. The number of carbonyl (C=O) groups excluding carboxylic acids is 1. The van der Waals surface area contributed by atoms with E-state index in [-0.39, 0.29) is 0 Å². The number of hydrogen-bond acceptors (Lipinski definition) is 1. The summed E-state index contributed by atoms with van der Waals surface area (Å²) < 4.78 is 1.24. The first-order chi connectivity index (χ1) is 5.34. The second kappa shape index (κ2) is 4.49. The number of carbonyl (C=O) groups is 1. The van der Waals surface area contributed by atoms with Gasteiger partial charge < -0.3 is 4.79 Å². The Hall–Kier alpha value is -0.380. The molecule has 11 heavy (non-hydrogen) atoms. The Balaban J connectivity index is 2.69. The molecule has 0 aliphatic rings. The highest BCUT2D eigenvalue weighted by Gasteiger charge is 1.95. The minimum Gasteiger partial charge on any atom is -0.303 e. The minimum absolute atomic E-state index is 0.625. The van der Waals surface area contributed by atoms with Crippen LogP contribution in [-0.4, -0.2) is 6.29 Å². The molecule has 0 bridgehead atoms. The molecule has 0 atom stereocenters. The summed E-state index contributed by atoms with van der Waals surface area (Å²) in [5.74, 6) is 0. The fraction of sp³-hybridized carbons (Fsp3) is 0.222. The Morgan fingerprint density at radius 1 is 1.36 bits per heavy atom. The molecule has 1 rings (SSSR count).